The third-order valence-electron chi connectivity index (χ3n) is 2.91. The zero-order valence-electron chi connectivity index (χ0n) is 8.64. The van der Waals surface area contributed by atoms with Gasteiger partial charge < -0.3 is 11.1 Å². The largest absolute Gasteiger partial charge is 0.324 e. The lowest BCUT2D eigenvalue weighted by atomic mass is 9.92. The molecule has 14 heavy (non-hydrogen) atoms. The highest BCUT2D eigenvalue weighted by Crippen LogP contribution is 2.35. The van der Waals surface area contributed by atoms with Gasteiger partial charge in [-0.3, -0.25) is 4.79 Å². The third-order valence-corrected chi connectivity index (χ3v) is 2.91. The van der Waals surface area contributed by atoms with E-state index in [1.165, 1.54) is 5.56 Å². The molecule has 0 saturated heterocycles. The SMILES string of the molecule is Cc1cc2c(cc1C)[C@](C)(N)C(=O)N2. The molecule has 0 bridgehead atoms. The van der Waals surface area contributed by atoms with Gasteiger partial charge in [-0.05, 0) is 38.0 Å². The van der Waals surface area contributed by atoms with E-state index >= 15 is 0 Å². The zero-order valence-corrected chi connectivity index (χ0v) is 8.64. The Labute approximate surface area is 83.3 Å². The highest BCUT2D eigenvalue weighted by atomic mass is 16.2. The van der Waals surface area contributed by atoms with Gasteiger partial charge in [-0.15, -0.1) is 0 Å². The van der Waals surface area contributed by atoms with Crippen molar-refractivity contribution in [3.05, 3.63) is 28.8 Å². The van der Waals surface area contributed by atoms with Gasteiger partial charge in [0.2, 0.25) is 5.91 Å². The van der Waals surface area contributed by atoms with Crippen molar-refractivity contribution in [2.75, 3.05) is 5.32 Å². The van der Waals surface area contributed by atoms with E-state index in [9.17, 15) is 4.79 Å². The van der Waals surface area contributed by atoms with Crippen LogP contribution in [0.5, 0.6) is 0 Å². The van der Waals surface area contributed by atoms with Crippen molar-refractivity contribution >= 4 is 11.6 Å². The molecule has 1 amide bonds. The first kappa shape index (κ1) is 9.21. The van der Waals surface area contributed by atoms with Crippen LogP contribution in [0, 0.1) is 13.8 Å². The molecule has 1 aromatic carbocycles. The van der Waals surface area contributed by atoms with Crippen molar-refractivity contribution in [1.82, 2.24) is 0 Å². The van der Waals surface area contributed by atoms with E-state index in [0.717, 1.165) is 16.8 Å². The smallest absolute Gasteiger partial charge is 0.248 e. The highest BCUT2D eigenvalue weighted by molar-refractivity contribution is 6.05. The minimum atomic E-state index is -0.881. The number of nitrogens with one attached hydrogen (secondary N) is 1. The van der Waals surface area contributed by atoms with Gasteiger partial charge in [0.1, 0.15) is 5.54 Å². The van der Waals surface area contributed by atoms with Crippen LogP contribution in [0.15, 0.2) is 12.1 Å². The van der Waals surface area contributed by atoms with E-state index in [1.807, 2.05) is 26.0 Å². The summed E-state index contributed by atoms with van der Waals surface area (Å²) in [5.41, 5.74) is 9.13. The lowest BCUT2D eigenvalue weighted by molar-refractivity contribution is -0.120. The summed E-state index contributed by atoms with van der Waals surface area (Å²) < 4.78 is 0. The van der Waals surface area contributed by atoms with Crippen molar-refractivity contribution in [2.24, 2.45) is 5.73 Å². The van der Waals surface area contributed by atoms with Gasteiger partial charge in [0, 0.05) is 11.3 Å². The Hall–Kier alpha value is -1.35. The molecular weight excluding hydrogens is 176 g/mol. The molecule has 74 valence electrons. The van der Waals surface area contributed by atoms with Crippen LogP contribution in [0.1, 0.15) is 23.6 Å². The fraction of sp³-hybridized carbons (Fsp3) is 0.364. The predicted octanol–water partition coefficient (Wildman–Crippen LogP) is 1.43. The Kier molecular flexibility index (Phi) is 1.70. The standard InChI is InChI=1S/C11H14N2O/c1-6-4-8-9(5-7(6)2)13-10(14)11(8,3)12/h4-5H,12H2,1-3H3,(H,13,14)/t11-/m0/s1. The first-order valence-electron chi connectivity index (χ1n) is 4.65. The van der Waals surface area contributed by atoms with Crippen molar-refractivity contribution in [3.63, 3.8) is 0 Å². The number of amides is 1. The molecule has 1 atom stereocenters. The molecule has 1 heterocycles. The molecule has 3 N–H and O–H groups in total. The fourth-order valence-electron chi connectivity index (χ4n) is 1.72. The lowest BCUT2D eigenvalue weighted by Gasteiger charge is -2.15. The topological polar surface area (TPSA) is 55.1 Å². The minimum Gasteiger partial charge on any atom is -0.324 e. The first-order chi connectivity index (χ1) is 6.43. The number of anilines is 1. The Morgan fingerprint density at radius 3 is 2.50 bits per heavy atom. The van der Waals surface area contributed by atoms with E-state index in [-0.39, 0.29) is 5.91 Å². The van der Waals surface area contributed by atoms with Crippen LogP contribution in [0.2, 0.25) is 0 Å². The second-order valence-electron chi connectivity index (χ2n) is 4.14. The molecule has 0 aromatic heterocycles. The number of fused-ring (bicyclic) bond motifs is 1. The van der Waals surface area contributed by atoms with Crippen LogP contribution in [0.4, 0.5) is 5.69 Å². The summed E-state index contributed by atoms with van der Waals surface area (Å²) in [6.07, 6.45) is 0. The van der Waals surface area contributed by atoms with Gasteiger partial charge in [-0.25, -0.2) is 0 Å². The lowest BCUT2D eigenvalue weighted by Crippen LogP contribution is -2.40. The van der Waals surface area contributed by atoms with Crippen molar-refractivity contribution < 1.29 is 4.79 Å². The Balaban J connectivity index is 2.67. The zero-order chi connectivity index (χ0) is 10.5. The first-order valence-corrected chi connectivity index (χ1v) is 4.65. The molecule has 1 aliphatic heterocycles. The van der Waals surface area contributed by atoms with E-state index in [1.54, 1.807) is 6.92 Å². The summed E-state index contributed by atoms with van der Waals surface area (Å²) in [7, 11) is 0. The van der Waals surface area contributed by atoms with Crippen LogP contribution in [0.3, 0.4) is 0 Å². The highest BCUT2D eigenvalue weighted by Gasteiger charge is 2.39. The maximum Gasteiger partial charge on any atom is 0.248 e. The monoisotopic (exact) mass is 190 g/mol. The van der Waals surface area contributed by atoms with E-state index < -0.39 is 5.54 Å². The molecule has 0 fully saturated rings. The number of nitrogens with two attached hydrogens (primary N) is 1. The van der Waals surface area contributed by atoms with Gasteiger partial charge in [-0.1, -0.05) is 6.07 Å². The summed E-state index contributed by atoms with van der Waals surface area (Å²) >= 11 is 0. The van der Waals surface area contributed by atoms with Crippen molar-refractivity contribution in [2.45, 2.75) is 26.3 Å². The van der Waals surface area contributed by atoms with Crippen LogP contribution >= 0.6 is 0 Å². The number of aryl methyl sites for hydroxylation is 2. The summed E-state index contributed by atoms with van der Waals surface area (Å²) in [5.74, 6) is -0.127. The van der Waals surface area contributed by atoms with Crippen molar-refractivity contribution in [1.29, 1.82) is 0 Å². The van der Waals surface area contributed by atoms with Crippen LogP contribution in [-0.4, -0.2) is 5.91 Å². The maximum atomic E-state index is 11.5. The van der Waals surface area contributed by atoms with Gasteiger partial charge in [0.15, 0.2) is 0 Å². The number of benzene rings is 1. The second kappa shape index (κ2) is 2.58. The normalized spacial score (nSPS) is 24.7. The van der Waals surface area contributed by atoms with Gasteiger partial charge in [0.25, 0.3) is 0 Å². The molecule has 2 rings (SSSR count). The fourth-order valence-corrected chi connectivity index (χ4v) is 1.72. The third kappa shape index (κ3) is 1.06. The number of hydrogen-bond donors (Lipinski definition) is 2. The average Bonchev–Trinajstić information content (AvgIpc) is 2.28. The predicted molar refractivity (Wildman–Crippen MR) is 56.1 cm³/mol. The number of hydrogen-bond acceptors (Lipinski definition) is 2. The van der Waals surface area contributed by atoms with Crippen LogP contribution in [-0.2, 0) is 10.3 Å². The quantitative estimate of drug-likeness (QED) is 0.650. The molecule has 1 aliphatic rings. The number of carbonyl (C=O) groups is 1. The second-order valence-corrected chi connectivity index (χ2v) is 4.14. The summed E-state index contributed by atoms with van der Waals surface area (Å²) in [6, 6.07) is 3.96. The minimum absolute atomic E-state index is 0.127. The summed E-state index contributed by atoms with van der Waals surface area (Å²) in [4.78, 5) is 11.5. The molecule has 0 saturated carbocycles. The molecule has 0 spiro atoms. The molecule has 0 aliphatic carbocycles. The summed E-state index contributed by atoms with van der Waals surface area (Å²) in [6.45, 7) is 5.78. The Bertz CT molecular complexity index is 422. The number of rotatable bonds is 0. The molecule has 3 nitrogen and oxygen atoms in total. The van der Waals surface area contributed by atoms with Crippen LogP contribution in [0.25, 0.3) is 0 Å². The van der Waals surface area contributed by atoms with Crippen LogP contribution < -0.4 is 11.1 Å². The molecule has 1 aromatic rings. The van der Waals surface area contributed by atoms with E-state index in [4.69, 9.17) is 5.73 Å². The van der Waals surface area contributed by atoms with Gasteiger partial charge >= 0.3 is 0 Å². The Morgan fingerprint density at radius 1 is 1.29 bits per heavy atom. The maximum absolute atomic E-state index is 11.5. The molecular formula is C11H14N2O. The van der Waals surface area contributed by atoms with Crippen molar-refractivity contribution in [3.8, 4) is 0 Å². The molecule has 0 unspecified atom stereocenters. The Morgan fingerprint density at radius 2 is 1.86 bits per heavy atom. The van der Waals surface area contributed by atoms with Gasteiger partial charge in [0.05, 0.1) is 0 Å². The molecule has 3 heteroatoms. The molecule has 0 radical (unpaired) electrons. The van der Waals surface area contributed by atoms with Gasteiger partial charge in [-0.2, -0.15) is 0 Å². The van der Waals surface area contributed by atoms with E-state index in [2.05, 4.69) is 5.32 Å². The van der Waals surface area contributed by atoms with E-state index in [0.29, 0.717) is 0 Å². The average molecular weight is 190 g/mol. The number of carbonyl (C=O) groups excluding carboxylic acids is 1. The summed E-state index contributed by atoms with van der Waals surface area (Å²) in [5, 5.41) is 2.79.